The van der Waals surface area contributed by atoms with Gasteiger partial charge in [0.15, 0.2) is 0 Å². The highest BCUT2D eigenvalue weighted by molar-refractivity contribution is 5.73. The van der Waals surface area contributed by atoms with Gasteiger partial charge in [-0.3, -0.25) is 0 Å². The number of rotatable bonds is 6. The molecule has 26 heavy (non-hydrogen) atoms. The van der Waals surface area contributed by atoms with Crippen LogP contribution in [0.1, 0.15) is 44.6 Å². The molecular formula is C20H27FN4O. The van der Waals surface area contributed by atoms with Crippen LogP contribution >= 0.6 is 0 Å². The summed E-state index contributed by atoms with van der Waals surface area (Å²) in [7, 11) is 0. The zero-order chi connectivity index (χ0) is 18.4. The third-order valence-corrected chi connectivity index (χ3v) is 5.36. The van der Waals surface area contributed by atoms with Crippen molar-refractivity contribution in [3.05, 3.63) is 48.3 Å². The maximum atomic E-state index is 14.2. The van der Waals surface area contributed by atoms with Gasteiger partial charge in [0.2, 0.25) is 0 Å². The van der Waals surface area contributed by atoms with E-state index in [9.17, 15) is 9.18 Å². The third-order valence-electron chi connectivity index (χ3n) is 5.36. The van der Waals surface area contributed by atoms with Crippen LogP contribution in [-0.2, 0) is 6.54 Å². The zero-order valence-corrected chi connectivity index (χ0v) is 15.2. The van der Waals surface area contributed by atoms with Crippen LogP contribution in [0.25, 0.3) is 5.69 Å². The maximum absolute atomic E-state index is 14.2. The SMILES string of the molecule is CCC1CCCCC1CNC(=O)NCc1ccc(-n2ccnc2)c(F)c1. The molecule has 1 aromatic carbocycles. The first-order chi connectivity index (χ1) is 12.7. The van der Waals surface area contributed by atoms with Crippen LogP contribution in [0, 0.1) is 17.7 Å². The molecule has 1 heterocycles. The summed E-state index contributed by atoms with van der Waals surface area (Å²) in [6.45, 7) is 3.25. The van der Waals surface area contributed by atoms with Gasteiger partial charge in [-0.05, 0) is 36.0 Å². The Morgan fingerprint density at radius 2 is 2.08 bits per heavy atom. The normalized spacial score (nSPS) is 19.9. The number of carbonyl (C=O) groups is 1. The third kappa shape index (κ3) is 4.62. The zero-order valence-electron chi connectivity index (χ0n) is 15.2. The summed E-state index contributed by atoms with van der Waals surface area (Å²) >= 11 is 0. The summed E-state index contributed by atoms with van der Waals surface area (Å²) in [6.07, 6.45) is 11.1. The lowest BCUT2D eigenvalue weighted by Crippen LogP contribution is -2.40. The number of imidazole rings is 1. The van der Waals surface area contributed by atoms with Gasteiger partial charge in [0.25, 0.3) is 0 Å². The van der Waals surface area contributed by atoms with E-state index in [0.717, 1.165) is 12.1 Å². The number of nitrogens with one attached hydrogen (secondary N) is 2. The Bertz CT molecular complexity index is 717. The predicted octanol–water partition coefficient (Wildman–Crippen LogP) is 4.03. The Hall–Kier alpha value is -2.37. The van der Waals surface area contributed by atoms with Gasteiger partial charge in [-0.1, -0.05) is 38.7 Å². The number of hydrogen-bond donors (Lipinski definition) is 2. The molecule has 1 aliphatic carbocycles. The molecule has 1 aliphatic rings. The van der Waals surface area contributed by atoms with Crippen LogP contribution in [0.15, 0.2) is 36.9 Å². The van der Waals surface area contributed by atoms with Crippen LogP contribution in [0.5, 0.6) is 0 Å². The minimum Gasteiger partial charge on any atom is -0.338 e. The largest absolute Gasteiger partial charge is 0.338 e. The average Bonchev–Trinajstić information content (AvgIpc) is 3.19. The molecule has 5 nitrogen and oxygen atoms in total. The molecule has 1 saturated carbocycles. The topological polar surface area (TPSA) is 59.0 Å². The van der Waals surface area contributed by atoms with Crippen molar-refractivity contribution in [2.75, 3.05) is 6.54 Å². The van der Waals surface area contributed by atoms with E-state index < -0.39 is 0 Å². The first-order valence-electron chi connectivity index (χ1n) is 9.45. The van der Waals surface area contributed by atoms with Crippen molar-refractivity contribution < 1.29 is 9.18 Å². The van der Waals surface area contributed by atoms with E-state index in [2.05, 4.69) is 22.5 Å². The lowest BCUT2D eigenvalue weighted by atomic mass is 9.78. The number of halogens is 1. The van der Waals surface area contributed by atoms with Gasteiger partial charge in [0.1, 0.15) is 5.82 Å². The molecule has 1 aromatic heterocycles. The number of amides is 2. The van der Waals surface area contributed by atoms with Crippen molar-refractivity contribution in [2.45, 2.75) is 45.6 Å². The number of aromatic nitrogens is 2. The molecule has 0 spiro atoms. The lowest BCUT2D eigenvalue weighted by Gasteiger charge is -2.30. The Morgan fingerprint density at radius 1 is 1.27 bits per heavy atom. The van der Waals surface area contributed by atoms with Crippen LogP contribution in [-0.4, -0.2) is 22.1 Å². The van der Waals surface area contributed by atoms with E-state index in [-0.39, 0.29) is 11.8 Å². The smallest absolute Gasteiger partial charge is 0.315 e. The number of hydrogen-bond acceptors (Lipinski definition) is 2. The molecular weight excluding hydrogens is 331 g/mol. The molecule has 2 amide bonds. The molecule has 0 radical (unpaired) electrons. The van der Waals surface area contributed by atoms with Crippen LogP contribution in [0.4, 0.5) is 9.18 Å². The number of carbonyl (C=O) groups excluding carboxylic acids is 1. The van der Waals surface area contributed by atoms with Gasteiger partial charge in [-0.25, -0.2) is 14.2 Å². The highest BCUT2D eigenvalue weighted by atomic mass is 19.1. The average molecular weight is 358 g/mol. The van der Waals surface area contributed by atoms with Crippen molar-refractivity contribution >= 4 is 6.03 Å². The number of urea groups is 1. The monoisotopic (exact) mass is 358 g/mol. The van der Waals surface area contributed by atoms with Gasteiger partial charge < -0.3 is 15.2 Å². The molecule has 6 heteroatoms. The van der Waals surface area contributed by atoms with Crippen molar-refractivity contribution in [3.63, 3.8) is 0 Å². The van der Waals surface area contributed by atoms with E-state index in [1.165, 1.54) is 38.2 Å². The van der Waals surface area contributed by atoms with Crippen molar-refractivity contribution in [1.82, 2.24) is 20.2 Å². The molecule has 1 fully saturated rings. The molecule has 2 atom stereocenters. The fourth-order valence-electron chi connectivity index (χ4n) is 3.83. The van der Waals surface area contributed by atoms with Crippen LogP contribution in [0.2, 0.25) is 0 Å². The summed E-state index contributed by atoms with van der Waals surface area (Å²) in [6, 6.07) is 4.76. The van der Waals surface area contributed by atoms with Crippen molar-refractivity contribution in [1.29, 1.82) is 0 Å². The maximum Gasteiger partial charge on any atom is 0.315 e. The van der Waals surface area contributed by atoms with Gasteiger partial charge in [0, 0.05) is 25.5 Å². The fraction of sp³-hybridized carbons (Fsp3) is 0.500. The molecule has 0 saturated heterocycles. The Balaban J connectivity index is 1.48. The Morgan fingerprint density at radius 3 is 2.77 bits per heavy atom. The molecule has 0 bridgehead atoms. The van der Waals surface area contributed by atoms with E-state index in [1.807, 2.05) is 6.07 Å². The van der Waals surface area contributed by atoms with Crippen LogP contribution in [0.3, 0.4) is 0 Å². The van der Waals surface area contributed by atoms with E-state index >= 15 is 0 Å². The standard InChI is InChI=1S/C20H27FN4O/c1-2-16-5-3-4-6-17(16)13-24-20(26)23-12-15-7-8-19(18(21)11-15)25-10-9-22-14-25/h7-11,14,16-17H,2-6,12-13H2,1H3,(H2,23,24,26). The summed E-state index contributed by atoms with van der Waals surface area (Å²) in [5.41, 5.74) is 1.17. The van der Waals surface area contributed by atoms with Gasteiger partial charge in [0.05, 0.1) is 12.0 Å². The molecule has 0 aliphatic heterocycles. The molecule has 2 N–H and O–H groups in total. The van der Waals surface area contributed by atoms with Gasteiger partial charge in [-0.15, -0.1) is 0 Å². The summed E-state index contributed by atoms with van der Waals surface area (Å²) < 4.78 is 15.9. The second-order valence-corrected chi connectivity index (χ2v) is 7.03. The number of benzene rings is 1. The second-order valence-electron chi connectivity index (χ2n) is 7.03. The van der Waals surface area contributed by atoms with Crippen molar-refractivity contribution in [2.24, 2.45) is 11.8 Å². The lowest BCUT2D eigenvalue weighted by molar-refractivity contribution is 0.212. The molecule has 2 unspecified atom stereocenters. The van der Waals surface area contributed by atoms with Crippen LogP contribution < -0.4 is 10.6 Å². The highest BCUT2D eigenvalue weighted by Gasteiger charge is 2.23. The summed E-state index contributed by atoms with van der Waals surface area (Å²) in [4.78, 5) is 16.0. The van der Waals surface area contributed by atoms with E-state index in [0.29, 0.717) is 24.1 Å². The highest BCUT2D eigenvalue weighted by Crippen LogP contribution is 2.31. The van der Waals surface area contributed by atoms with Gasteiger partial charge >= 0.3 is 6.03 Å². The molecule has 3 rings (SSSR count). The minimum atomic E-state index is -0.337. The summed E-state index contributed by atoms with van der Waals surface area (Å²) in [5, 5.41) is 5.80. The Kier molecular flexibility index (Phi) is 6.26. The molecule has 140 valence electrons. The molecule has 2 aromatic rings. The van der Waals surface area contributed by atoms with Gasteiger partial charge in [-0.2, -0.15) is 0 Å². The second kappa shape index (κ2) is 8.83. The first-order valence-corrected chi connectivity index (χ1v) is 9.45. The minimum absolute atomic E-state index is 0.190. The first kappa shape index (κ1) is 18.4. The quantitative estimate of drug-likeness (QED) is 0.819. The Labute approximate surface area is 154 Å². The van der Waals surface area contributed by atoms with E-state index in [4.69, 9.17) is 0 Å². The predicted molar refractivity (Wildman–Crippen MR) is 99.5 cm³/mol. The number of nitrogens with zero attached hydrogens (tertiary/aromatic N) is 2. The van der Waals surface area contributed by atoms with Crippen molar-refractivity contribution in [3.8, 4) is 5.69 Å². The summed E-state index contributed by atoms with van der Waals surface area (Å²) in [5.74, 6) is 0.955. The fourth-order valence-corrected chi connectivity index (χ4v) is 3.83. The van der Waals surface area contributed by atoms with E-state index in [1.54, 1.807) is 29.4 Å².